The average Bonchev–Trinajstić information content (AvgIpc) is 3.11. The molecule has 1 N–H and O–H groups in total. The van der Waals surface area contributed by atoms with Crippen molar-refractivity contribution in [1.29, 1.82) is 0 Å². The van der Waals surface area contributed by atoms with Gasteiger partial charge in [0.15, 0.2) is 0 Å². The highest BCUT2D eigenvalue weighted by molar-refractivity contribution is 7.15. The molecule has 0 amide bonds. The lowest BCUT2D eigenvalue weighted by Crippen LogP contribution is -2.12. The lowest BCUT2D eigenvalue weighted by atomic mass is 10.1. The minimum absolute atomic E-state index is 0.714. The monoisotopic (exact) mass is 341 g/mol. The minimum atomic E-state index is 0.714. The summed E-state index contributed by atoms with van der Waals surface area (Å²) in [6.45, 7) is 1.48. The summed E-state index contributed by atoms with van der Waals surface area (Å²) in [7, 11) is 3.33. The zero-order valence-electron chi connectivity index (χ0n) is 13.7. The molecule has 0 atom stereocenters. The van der Waals surface area contributed by atoms with Gasteiger partial charge in [-0.05, 0) is 29.8 Å². The fraction of sp³-hybridized carbons (Fsp3) is 0.222. The fourth-order valence-corrected chi connectivity index (χ4v) is 3.25. The van der Waals surface area contributed by atoms with Crippen LogP contribution >= 0.6 is 11.3 Å². The van der Waals surface area contributed by atoms with E-state index < -0.39 is 0 Å². The summed E-state index contributed by atoms with van der Waals surface area (Å²) in [5.41, 5.74) is 2.15. The molecule has 6 heteroatoms. The van der Waals surface area contributed by atoms with E-state index in [2.05, 4.69) is 15.3 Å². The van der Waals surface area contributed by atoms with Crippen LogP contribution in [0, 0.1) is 0 Å². The van der Waals surface area contributed by atoms with Crippen LogP contribution in [0.2, 0.25) is 0 Å². The van der Waals surface area contributed by atoms with Crippen molar-refractivity contribution >= 4 is 11.3 Å². The molecule has 0 bridgehead atoms. The van der Waals surface area contributed by atoms with Crippen LogP contribution in [0.3, 0.4) is 0 Å². The first-order valence-corrected chi connectivity index (χ1v) is 8.38. The van der Waals surface area contributed by atoms with Gasteiger partial charge in [0, 0.05) is 37.2 Å². The maximum absolute atomic E-state index is 5.45. The molecule has 0 saturated heterocycles. The number of benzene rings is 1. The van der Waals surface area contributed by atoms with Crippen LogP contribution in [0.5, 0.6) is 11.5 Å². The summed E-state index contributed by atoms with van der Waals surface area (Å²) >= 11 is 1.65. The quantitative estimate of drug-likeness (QED) is 0.713. The van der Waals surface area contributed by atoms with Gasteiger partial charge >= 0.3 is 0 Å². The van der Waals surface area contributed by atoms with Gasteiger partial charge < -0.3 is 14.8 Å². The minimum Gasteiger partial charge on any atom is -0.497 e. The molecule has 5 nitrogen and oxygen atoms in total. The molecule has 0 aliphatic heterocycles. The molecule has 0 unspecified atom stereocenters. The van der Waals surface area contributed by atoms with Crippen molar-refractivity contribution in [1.82, 2.24) is 15.3 Å². The number of hydrogen-bond acceptors (Lipinski definition) is 6. The molecule has 0 spiro atoms. The molecule has 3 aromatic rings. The SMILES string of the molecule is COc1ccc(OC)c(-c2cnc(CNCc3cccnc3)s2)c1. The van der Waals surface area contributed by atoms with E-state index in [1.807, 2.05) is 42.7 Å². The Kier molecular flexibility index (Phi) is 5.40. The highest BCUT2D eigenvalue weighted by atomic mass is 32.1. The summed E-state index contributed by atoms with van der Waals surface area (Å²) in [5.74, 6) is 1.62. The first-order valence-electron chi connectivity index (χ1n) is 7.57. The van der Waals surface area contributed by atoms with Gasteiger partial charge in [0.1, 0.15) is 16.5 Å². The van der Waals surface area contributed by atoms with Gasteiger partial charge in [-0.25, -0.2) is 4.98 Å². The summed E-state index contributed by atoms with van der Waals surface area (Å²) in [4.78, 5) is 9.67. The number of ether oxygens (including phenoxy) is 2. The van der Waals surface area contributed by atoms with Crippen molar-refractivity contribution in [3.05, 3.63) is 59.5 Å². The predicted octanol–water partition coefficient (Wildman–Crippen LogP) is 3.51. The lowest BCUT2D eigenvalue weighted by Gasteiger charge is -2.08. The van der Waals surface area contributed by atoms with E-state index in [9.17, 15) is 0 Å². The molecule has 3 rings (SSSR count). The maximum atomic E-state index is 5.45. The van der Waals surface area contributed by atoms with E-state index in [4.69, 9.17) is 9.47 Å². The van der Waals surface area contributed by atoms with Gasteiger partial charge in [-0.3, -0.25) is 4.98 Å². The summed E-state index contributed by atoms with van der Waals surface area (Å²) in [6.07, 6.45) is 5.52. The Balaban J connectivity index is 1.69. The Bertz CT molecular complexity index is 790. The first kappa shape index (κ1) is 16.4. The van der Waals surface area contributed by atoms with E-state index in [1.165, 1.54) is 0 Å². The molecule has 0 aliphatic carbocycles. The first-order chi connectivity index (χ1) is 11.8. The van der Waals surface area contributed by atoms with Crippen LogP contribution in [0.4, 0.5) is 0 Å². The predicted molar refractivity (Wildman–Crippen MR) is 95.4 cm³/mol. The number of rotatable bonds is 7. The number of nitrogens with zero attached hydrogens (tertiary/aromatic N) is 2. The Hall–Kier alpha value is -2.44. The second kappa shape index (κ2) is 7.90. The molecule has 1 aromatic carbocycles. The molecule has 124 valence electrons. The summed E-state index contributed by atoms with van der Waals surface area (Å²) in [5, 5.41) is 4.41. The van der Waals surface area contributed by atoms with Crippen LogP contribution in [0.1, 0.15) is 10.6 Å². The zero-order chi connectivity index (χ0) is 16.8. The number of thiazole rings is 1. The molecule has 0 saturated carbocycles. The van der Waals surface area contributed by atoms with Gasteiger partial charge in [-0.2, -0.15) is 0 Å². The van der Waals surface area contributed by atoms with E-state index in [0.29, 0.717) is 6.54 Å². The van der Waals surface area contributed by atoms with E-state index in [-0.39, 0.29) is 0 Å². The molecule has 24 heavy (non-hydrogen) atoms. The average molecular weight is 341 g/mol. The Labute approximate surface area is 145 Å². The summed E-state index contributed by atoms with van der Waals surface area (Å²) in [6, 6.07) is 9.76. The maximum Gasteiger partial charge on any atom is 0.127 e. The van der Waals surface area contributed by atoms with Gasteiger partial charge in [-0.15, -0.1) is 11.3 Å². The van der Waals surface area contributed by atoms with Crippen molar-refractivity contribution < 1.29 is 9.47 Å². The van der Waals surface area contributed by atoms with Crippen molar-refractivity contribution in [3.63, 3.8) is 0 Å². The van der Waals surface area contributed by atoms with Gasteiger partial charge in [0.25, 0.3) is 0 Å². The number of nitrogens with one attached hydrogen (secondary N) is 1. The third kappa shape index (κ3) is 3.90. The third-order valence-corrected chi connectivity index (χ3v) is 4.58. The van der Waals surface area contributed by atoms with Crippen molar-refractivity contribution in [2.45, 2.75) is 13.1 Å². The van der Waals surface area contributed by atoms with E-state index in [1.54, 1.807) is 31.8 Å². The number of pyridine rings is 1. The molecule has 0 radical (unpaired) electrons. The van der Waals surface area contributed by atoms with Crippen molar-refractivity contribution in [2.75, 3.05) is 14.2 Å². The lowest BCUT2D eigenvalue weighted by molar-refractivity contribution is 0.404. The molecule has 2 aromatic heterocycles. The van der Waals surface area contributed by atoms with Crippen LogP contribution in [-0.4, -0.2) is 24.2 Å². The Morgan fingerprint density at radius 3 is 2.75 bits per heavy atom. The van der Waals surface area contributed by atoms with Crippen LogP contribution < -0.4 is 14.8 Å². The Morgan fingerprint density at radius 2 is 2.00 bits per heavy atom. The van der Waals surface area contributed by atoms with Crippen molar-refractivity contribution in [3.8, 4) is 21.9 Å². The largest absolute Gasteiger partial charge is 0.497 e. The topological polar surface area (TPSA) is 56.3 Å². The fourth-order valence-electron chi connectivity index (χ4n) is 2.34. The molecule has 0 aliphatic rings. The van der Waals surface area contributed by atoms with Crippen LogP contribution in [-0.2, 0) is 13.1 Å². The second-order valence-corrected chi connectivity index (χ2v) is 6.26. The van der Waals surface area contributed by atoms with Crippen LogP contribution in [0.25, 0.3) is 10.4 Å². The van der Waals surface area contributed by atoms with Gasteiger partial charge in [0.05, 0.1) is 19.1 Å². The molecular formula is C18H19N3O2S. The highest BCUT2D eigenvalue weighted by Gasteiger charge is 2.11. The number of hydrogen-bond donors (Lipinski definition) is 1. The van der Waals surface area contributed by atoms with Gasteiger partial charge in [0.2, 0.25) is 0 Å². The molecule has 0 fully saturated rings. The molecule has 2 heterocycles. The highest BCUT2D eigenvalue weighted by Crippen LogP contribution is 2.36. The third-order valence-electron chi connectivity index (χ3n) is 3.55. The van der Waals surface area contributed by atoms with Crippen LogP contribution in [0.15, 0.2) is 48.9 Å². The smallest absolute Gasteiger partial charge is 0.127 e. The van der Waals surface area contributed by atoms with E-state index in [0.717, 1.165) is 39.1 Å². The summed E-state index contributed by atoms with van der Waals surface area (Å²) < 4.78 is 10.8. The standard InChI is InChI=1S/C18H19N3O2S/c1-22-14-5-6-16(23-2)15(8-14)17-11-21-18(24-17)12-20-10-13-4-3-7-19-9-13/h3-9,11,20H,10,12H2,1-2H3. The van der Waals surface area contributed by atoms with E-state index >= 15 is 0 Å². The van der Waals surface area contributed by atoms with Gasteiger partial charge in [-0.1, -0.05) is 6.07 Å². The second-order valence-electron chi connectivity index (χ2n) is 5.15. The zero-order valence-corrected chi connectivity index (χ0v) is 14.5. The number of methoxy groups -OCH3 is 2. The molecular weight excluding hydrogens is 322 g/mol. The number of aromatic nitrogens is 2. The van der Waals surface area contributed by atoms with Crippen molar-refractivity contribution in [2.24, 2.45) is 0 Å². The normalized spacial score (nSPS) is 10.6. The Morgan fingerprint density at radius 1 is 1.08 bits per heavy atom.